The minimum Gasteiger partial charge on any atom is -0.744 e. The van der Waals surface area contributed by atoms with Gasteiger partial charge in [0.15, 0.2) is 9.84 Å². The molecule has 0 aliphatic heterocycles. The topological polar surface area (TPSA) is 91.3 Å². The van der Waals surface area contributed by atoms with Crippen LogP contribution in [-0.2, 0) is 20.0 Å². The maximum absolute atomic E-state index is 12.3. The summed E-state index contributed by atoms with van der Waals surface area (Å²) in [5, 5.41) is 0. The highest BCUT2D eigenvalue weighted by molar-refractivity contribution is 7.91. The summed E-state index contributed by atoms with van der Waals surface area (Å²) < 4.78 is 57.3. The van der Waals surface area contributed by atoms with Gasteiger partial charge in [-0.3, -0.25) is 0 Å². The van der Waals surface area contributed by atoms with Crippen molar-refractivity contribution in [2.75, 3.05) is 5.75 Å². The van der Waals surface area contributed by atoms with Gasteiger partial charge >= 0.3 is 0 Å². The molecule has 0 N–H and O–H groups in total. The van der Waals surface area contributed by atoms with E-state index in [1.54, 1.807) is 0 Å². The number of unbranched alkanes of at least 4 members (excludes halogenated alkanes) is 13. The predicted molar refractivity (Wildman–Crippen MR) is 117 cm³/mol. The van der Waals surface area contributed by atoms with Crippen LogP contribution in [0.2, 0.25) is 0 Å². The molecule has 0 spiro atoms. The van der Waals surface area contributed by atoms with Gasteiger partial charge in [-0.05, 0) is 30.7 Å². The zero-order valence-corrected chi connectivity index (χ0v) is 19.4. The van der Waals surface area contributed by atoms with E-state index < -0.39 is 24.9 Å². The lowest BCUT2D eigenvalue weighted by molar-refractivity contribution is 0.463. The highest BCUT2D eigenvalue weighted by Crippen LogP contribution is 2.18. The van der Waals surface area contributed by atoms with Crippen molar-refractivity contribution >= 4 is 20.0 Å². The standard InChI is InChI=1S/C22H38O5S2/c1-2-3-4-5-6-7-8-9-10-11-12-13-14-15-20-28(23,24)21-16-18-22(19-17-21)29(25,26)27/h16-19H,2-15,20H2,1H3,(H,25,26,27)/p-1. The summed E-state index contributed by atoms with van der Waals surface area (Å²) in [6, 6.07) is 4.51. The molecular formula is C22H37O5S2-. The average molecular weight is 446 g/mol. The molecule has 7 heteroatoms. The average Bonchev–Trinajstić information content (AvgIpc) is 2.67. The van der Waals surface area contributed by atoms with Gasteiger partial charge in [0.2, 0.25) is 0 Å². The van der Waals surface area contributed by atoms with Crippen LogP contribution in [0.5, 0.6) is 0 Å². The van der Waals surface area contributed by atoms with E-state index in [2.05, 4.69) is 6.92 Å². The van der Waals surface area contributed by atoms with Gasteiger partial charge in [0.25, 0.3) is 0 Å². The Morgan fingerprint density at radius 1 is 0.586 bits per heavy atom. The largest absolute Gasteiger partial charge is 0.744 e. The van der Waals surface area contributed by atoms with Crippen LogP contribution in [-0.4, -0.2) is 27.1 Å². The molecule has 0 atom stereocenters. The second-order valence-corrected chi connectivity index (χ2v) is 11.3. The van der Waals surface area contributed by atoms with E-state index in [0.29, 0.717) is 6.42 Å². The van der Waals surface area contributed by atoms with E-state index in [-0.39, 0.29) is 10.6 Å². The van der Waals surface area contributed by atoms with Crippen molar-refractivity contribution in [3.05, 3.63) is 24.3 Å². The molecule has 0 bridgehead atoms. The fraction of sp³-hybridized carbons (Fsp3) is 0.727. The van der Waals surface area contributed by atoms with Gasteiger partial charge < -0.3 is 4.55 Å². The second-order valence-electron chi connectivity index (χ2n) is 7.84. The molecule has 0 unspecified atom stereocenters. The van der Waals surface area contributed by atoms with Crippen molar-refractivity contribution in [2.24, 2.45) is 0 Å². The summed E-state index contributed by atoms with van der Waals surface area (Å²) in [6.45, 7) is 2.24. The lowest BCUT2D eigenvalue weighted by Gasteiger charge is -2.08. The van der Waals surface area contributed by atoms with Crippen LogP contribution in [0.4, 0.5) is 0 Å². The smallest absolute Gasteiger partial charge is 0.178 e. The summed E-state index contributed by atoms with van der Waals surface area (Å²) in [5.74, 6) is 0.0501. The molecule has 168 valence electrons. The third-order valence-electron chi connectivity index (χ3n) is 5.24. The molecule has 1 aromatic rings. The Kier molecular flexibility index (Phi) is 12.7. The van der Waals surface area contributed by atoms with E-state index in [1.165, 1.54) is 76.3 Å². The molecule has 0 heterocycles. The molecule has 0 aliphatic rings. The minimum atomic E-state index is -4.55. The van der Waals surface area contributed by atoms with E-state index in [0.717, 1.165) is 31.4 Å². The molecule has 0 aliphatic carbocycles. The molecule has 0 saturated carbocycles. The van der Waals surface area contributed by atoms with Crippen LogP contribution < -0.4 is 0 Å². The summed E-state index contributed by atoms with van der Waals surface area (Å²) in [4.78, 5) is -0.340. The molecule has 1 rings (SSSR count). The van der Waals surface area contributed by atoms with Crippen LogP contribution >= 0.6 is 0 Å². The van der Waals surface area contributed by atoms with Gasteiger partial charge in [-0.2, -0.15) is 0 Å². The van der Waals surface area contributed by atoms with Crippen molar-refractivity contribution in [2.45, 2.75) is 107 Å². The quantitative estimate of drug-likeness (QED) is 0.222. The Balaban J connectivity index is 2.08. The summed E-state index contributed by atoms with van der Waals surface area (Å²) in [7, 11) is -7.99. The molecule has 0 saturated heterocycles. The van der Waals surface area contributed by atoms with Crippen molar-refractivity contribution in [3.63, 3.8) is 0 Å². The first-order valence-corrected chi connectivity index (χ1v) is 14.1. The Hall–Kier alpha value is -0.920. The zero-order valence-electron chi connectivity index (χ0n) is 17.8. The highest BCUT2D eigenvalue weighted by atomic mass is 32.2. The van der Waals surface area contributed by atoms with Crippen LogP contribution in [0.3, 0.4) is 0 Å². The maximum Gasteiger partial charge on any atom is 0.178 e. The molecule has 0 fully saturated rings. The van der Waals surface area contributed by atoms with Gasteiger partial charge in [-0.25, -0.2) is 16.8 Å². The Morgan fingerprint density at radius 2 is 0.931 bits per heavy atom. The van der Waals surface area contributed by atoms with Crippen molar-refractivity contribution in [1.82, 2.24) is 0 Å². The van der Waals surface area contributed by atoms with Crippen LogP contribution in [0.25, 0.3) is 0 Å². The SMILES string of the molecule is CCCCCCCCCCCCCCCCS(=O)(=O)c1ccc(S(=O)(=O)[O-])cc1. The zero-order chi connectivity index (χ0) is 21.6. The van der Waals surface area contributed by atoms with Gasteiger partial charge in [0.1, 0.15) is 10.1 Å². The van der Waals surface area contributed by atoms with Gasteiger partial charge in [0, 0.05) is 0 Å². The van der Waals surface area contributed by atoms with E-state index in [1.807, 2.05) is 0 Å². The molecule has 5 nitrogen and oxygen atoms in total. The summed E-state index contributed by atoms with van der Waals surface area (Å²) in [6.07, 6.45) is 16.9. The first-order chi connectivity index (χ1) is 13.8. The first kappa shape index (κ1) is 26.1. The van der Waals surface area contributed by atoms with Crippen LogP contribution in [0.1, 0.15) is 96.8 Å². The second kappa shape index (κ2) is 14.1. The van der Waals surface area contributed by atoms with Gasteiger partial charge in [-0.15, -0.1) is 0 Å². The predicted octanol–water partition coefficient (Wildman–Crippen LogP) is 5.85. The third kappa shape index (κ3) is 11.7. The normalized spacial score (nSPS) is 12.3. The van der Waals surface area contributed by atoms with Gasteiger partial charge in [0.05, 0.1) is 15.5 Å². The lowest BCUT2D eigenvalue weighted by Crippen LogP contribution is -2.07. The van der Waals surface area contributed by atoms with Crippen LogP contribution in [0.15, 0.2) is 34.1 Å². The fourth-order valence-electron chi connectivity index (χ4n) is 3.42. The van der Waals surface area contributed by atoms with E-state index in [4.69, 9.17) is 0 Å². The molecular weight excluding hydrogens is 408 g/mol. The van der Waals surface area contributed by atoms with Gasteiger partial charge in [-0.1, -0.05) is 90.4 Å². The fourth-order valence-corrected chi connectivity index (χ4v) is 5.26. The Bertz CT molecular complexity index is 753. The number of rotatable bonds is 17. The molecule has 29 heavy (non-hydrogen) atoms. The summed E-state index contributed by atoms with van der Waals surface area (Å²) in [5.41, 5.74) is 0. The lowest BCUT2D eigenvalue weighted by atomic mass is 10.0. The monoisotopic (exact) mass is 445 g/mol. The first-order valence-electron chi connectivity index (χ1n) is 11.1. The van der Waals surface area contributed by atoms with Crippen LogP contribution in [0, 0.1) is 0 Å². The Morgan fingerprint density at radius 3 is 1.31 bits per heavy atom. The third-order valence-corrected chi connectivity index (χ3v) is 7.90. The highest BCUT2D eigenvalue weighted by Gasteiger charge is 2.14. The van der Waals surface area contributed by atoms with E-state index in [9.17, 15) is 21.4 Å². The number of hydrogen-bond acceptors (Lipinski definition) is 5. The van der Waals surface area contributed by atoms with Crippen molar-refractivity contribution < 1.29 is 21.4 Å². The van der Waals surface area contributed by atoms with Crippen molar-refractivity contribution in [3.8, 4) is 0 Å². The van der Waals surface area contributed by atoms with Crippen molar-refractivity contribution in [1.29, 1.82) is 0 Å². The molecule has 0 amide bonds. The maximum atomic E-state index is 12.3. The molecule has 0 radical (unpaired) electrons. The summed E-state index contributed by atoms with van der Waals surface area (Å²) >= 11 is 0. The Labute approximate surface area is 178 Å². The number of benzene rings is 1. The number of hydrogen-bond donors (Lipinski definition) is 0. The minimum absolute atomic E-state index is 0.0501. The molecule has 0 aromatic heterocycles. The number of sulfone groups is 1. The molecule has 1 aromatic carbocycles. The van der Waals surface area contributed by atoms with E-state index >= 15 is 0 Å².